The predicted octanol–water partition coefficient (Wildman–Crippen LogP) is 13.9. The maximum Gasteiger partial charge on any atom is 0.338 e. The molecule has 0 saturated heterocycles. The van der Waals surface area contributed by atoms with Gasteiger partial charge in [0.25, 0.3) is 0 Å². The fourth-order valence-corrected chi connectivity index (χ4v) is 30.4. The lowest BCUT2D eigenvalue weighted by Gasteiger charge is -2.49. The highest BCUT2D eigenvalue weighted by Gasteiger charge is 2.86. The first-order valence-corrected chi connectivity index (χ1v) is 52.6. The van der Waals surface area contributed by atoms with E-state index < -0.39 is 195 Å². The van der Waals surface area contributed by atoms with Crippen LogP contribution in [0.5, 0.6) is 0 Å². The van der Waals surface area contributed by atoms with Gasteiger partial charge in [-0.1, -0.05) is 234 Å². The molecule has 0 radical (unpaired) electrons. The number of aliphatic hydroxyl groups is 11. The zero-order valence-corrected chi connectivity index (χ0v) is 89.0. The zero-order chi connectivity index (χ0) is 107. The average molecular weight is 2000 g/mol. The summed E-state index contributed by atoms with van der Waals surface area (Å²) in [6.45, 7) is 45.7. The molecule has 1 unspecified atom stereocenters. The smallest absolute Gasteiger partial charge is 0.338 e. The first-order valence-electron chi connectivity index (χ1n) is 52.6. The molecule has 16 aliphatic rings. The summed E-state index contributed by atoms with van der Waals surface area (Å²) in [5.74, 6) is -7.70. The normalized spacial score (nSPS) is 41.4. The average Bonchev–Trinajstić information content (AvgIpc) is 1.47. The van der Waals surface area contributed by atoms with Crippen molar-refractivity contribution < 1.29 is 133 Å². The van der Waals surface area contributed by atoms with Gasteiger partial charge in [0.1, 0.15) is 36.6 Å². The minimum Gasteiger partial charge on any atom is -0.458 e. The van der Waals surface area contributed by atoms with Gasteiger partial charge in [-0.05, 0) is 232 Å². The summed E-state index contributed by atoms with van der Waals surface area (Å²) in [6.07, 6.45) is 18.7. The van der Waals surface area contributed by atoms with Crippen LogP contribution in [0.25, 0.3) is 0 Å². The number of aliphatic hydroxyl groups excluding tert-OH is 7. The van der Waals surface area contributed by atoms with Crippen LogP contribution >= 0.6 is 0 Å². The summed E-state index contributed by atoms with van der Waals surface area (Å²) < 4.78 is 35.1. The number of fused-ring (bicyclic) bond motifs is 12. The molecule has 8 saturated carbocycles. The van der Waals surface area contributed by atoms with Gasteiger partial charge in [-0.15, -0.1) is 0 Å². The predicted molar refractivity (Wildman–Crippen MR) is 536 cm³/mol. The van der Waals surface area contributed by atoms with Gasteiger partial charge in [-0.2, -0.15) is 0 Å². The Hall–Kier alpha value is -8.58. The number of benzene rings is 1. The van der Waals surface area contributed by atoms with Crippen LogP contribution in [0, 0.1) is 144 Å². The fourth-order valence-electron chi connectivity index (χ4n) is 30.4. The molecule has 790 valence electrons. The first kappa shape index (κ1) is 111. The molecule has 16 aliphatic carbocycles. The van der Waals surface area contributed by atoms with Gasteiger partial charge in [-0.3, -0.25) is 28.8 Å². The van der Waals surface area contributed by atoms with Crippen molar-refractivity contribution in [3.05, 3.63) is 165 Å². The Balaban J connectivity index is 0.000000153. The summed E-state index contributed by atoms with van der Waals surface area (Å²) in [5, 5.41) is 127. The van der Waals surface area contributed by atoms with E-state index in [1.54, 1.807) is 166 Å². The molecule has 0 aromatic heterocycles. The molecule has 8 bridgehead atoms. The second-order valence-electron chi connectivity index (χ2n) is 48.4. The van der Waals surface area contributed by atoms with Crippen LogP contribution < -0.4 is 0 Å². The molecule has 1 aromatic carbocycles. The number of allylic oxidation sites excluding steroid dienone is 7. The summed E-state index contributed by atoms with van der Waals surface area (Å²) in [4.78, 5) is 135. The van der Waals surface area contributed by atoms with E-state index >= 15 is 0 Å². The third kappa shape index (κ3) is 16.4. The molecule has 17 rings (SSSR count). The topological polar surface area (TPSA) is 449 Å². The number of ether oxygens (including phenoxy) is 6. The molecule has 0 amide bonds. The molecule has 27 nitrogen and oxygen atoms in total. The number of hydrogen-bond acceptors (Lipinski definition) is 27. The molecule has 0 aliphatic heterocycles. The van der Waals surface area contributed by atoms with E-state index in [4.69, 9.17) is 28.4 Å². The minimum atomic E-state index is -2.24. The molecule has 0 heterocycles. The Morgan fingerprint density at radius 1 is 0.458 bits per heavy atom. The van der Waals surface area contributed by atoms with Crippen molar-refractivity contribution in [1.29, 1.82) is 0 Å². The van der Waals surface area contributed by atoms with E-state index in [1.807, 2.05) is 55.4 Å². The number of esters is 6. The Bertz CT molecular complexity index is 5640. The lowest BCUT2D eigenvalue weighted by Crippen LogP contribution is -2.66. The van der Waals surface area contributed by atoms with Gasteiger partial charge in [0, 0.05) is 58.6 Å². The van der Waals surface area contributed by atoms with Crippen LogP contribution in [0.4, 0.5) is 0 Å². The molecule has 27 heteroatoms. The number of carbonyl (C=O) groups is 10. The van der Waals surface area contributed by atoms with E-state index in [-0.39, 0.29) is 122 Å². The minimum absolute atomic E-state index is 0.0171. The first-order chi connectivity index (χ1) is 67.3. The van der Waals surface area contributed by atoms with Crippen LogP contribution in [-0.4, -0.2) is 218 Å². The van der Waals surface area contributed by atoms with Crippen molar-refractivity contribution in [3.8, 4) is 0 Å². The second kappa shape index (κ2) is 39.4. The lowest BCUT2D eigenvalue weighted by molar-refractivity contribution is -0.206. The van der Waals surface area contributed by atoms with Gasteiger partial charge in [-0.25, -0.2) is 19.2 Å². The van der Waals surface area contributed by atoms with Crippen molar-refractivity contribution in [2.75, 3.05) is 26.4 Å². The van der Waals surface area contributed by atoms with E-state index in [0.29, 0.717) is 70.1 Å². The molecular formula is C117H160O27. The number of hydrogen-bond donors (Lipinski definition) is 11. The quantitative estimate of drug-likeness (QED) is 0.0151. The highest BCUT2D eigenvalue weighted by molar-refractivity contribution is 6.00. The SMILES string of the molecule is C/C=C(/C)C(=O)O[C@H]1C(C)=C[C@]23C(=O)[C@@H](C=C(COC(=O)/C=C/C)[C@@H](O)[C@]12O)[C@H]1[C@@H](C[C@H]3C)C1(C)C.C/C=C(\C)C(=O)O[C@H]1C(C)=C[C@]23C(=O)[C@@H](C=C(CO)[C@@H](O)[C@]12O)[C@H]1[C@@H](C[C@H]3C)C1(C)C.CC1=C[C@]23C(=O)[C@@H](C=C(CO)[C@@H](O)[C@]2(O)[C@H]1OC(=O)c1ccccc1)[C@H]1[C@@H](C[C@H]3C)C1(C)C.CCCCCCCCCC(=O)O[C@@]12C[C@@H](C)[C@]34C=C(C)[C@H](OC(=O)C(C)C(C)C)[C@@]3(O)[C@H](O)C(CO)=C[C@H](C4=O)[C@@H]1C2(C)C. The van der Waals surface area contributed by atoms with E-state index in [1.165, 1.54) is 31.8 Å². The van der Waals surface area contributed by atoms with Crippen molar-refractivity contribution in [3.63, 3.8) is 0 Å². The highest BCUT2D eigenvalue weighted by Crippen LogP contribution is 2.79. The second-order valence-corrected chi connectivity index (χ2v) is 48.4. The van der Waals surface area contributed by atoms with E-state index in [9.17, 15) is 104 Å². The number of ketones is 4. The van der Waals surface area contributed by atoms with Crippen LogP contribution in [0.3, 0.4) is 0 Å². The summed E-state index contributed by atoms with van der Waals surface area (Å²) >= 11 is 0. The number of rotatable bonds is 24. The van der Waals surface area contributed by atoms with Gasteiger partial charge in [0.05, 0.1) is 53.0 Å². The van der Waals surface area contributed by atoms with E-state index in [0.717, 1.165) is 32.1 Å². The molecule has 33 atom stereocenters. The van der Waals surface area contributed by atoms with Crippen LogP contribution in [0.1, 0.15) is 261 Å². The van der Waals surface area contributed by atoms with Crippen molar-refractivity contribution in [2.45, 2.75) is 327 Å². The number of carbonyl (C=O) groups excluding carboxylic acids is 10. The lowest BCUT2D eigenvalue weighted by atomic mass is 9.59. The molecule has 144 heavy (non-hydrogen) atoms. The highest BCUT2D eigenvalue weighted by atomic mass is 16.6. The largest absolute Gasteiger partial charge is 0.458 e. The van der Waals surface area contributed by atoms with Crippen molar-refractivity contribution in [1.82, 2.24) is 0 Å². The molecule has 4 spiro atoms. The van der Waals surface area contributed by atoms with Gasteiger partial charge >= 0.3 is 35.8 Å². The monoisotopic (exact) mass is 2000 g/mol. The van der Waals surface area contributed by atoms with Crippen LogP contribution in [0.15, 0.2) is 159 Å². The Morgan fingerprint density at radius 2 is 0.799 bits per heavy atom. The van der Waals surface area contributed by atoms with Gasteiger partial charge in [0.15, 0.2) is 70.0 Å². The molecule has 8 fully saturated rings. The van der Waals surface area contributed by atoms with E-state index in [2.05, 4.69) is 48.5 Å². The zero-order valence-electron chi connectivity index (χ0n) is 89.0. The van der Waals surface area contributed by atoms with Gasteiger partial charge in [0.2, 0.25) is 0 Å². The van der Waals surface area contributed by atoms with Crippen LogP contribution in [0.2, 0.25) is 0 Å². The maximum absolute atomic E-state index is 14.8. The fraction of sp³-hybridized carbons (Fsp3) is 0.675. The standard InChI is InChI=1S/C36H56O8.C29H38O7.C27H32O6.C25H34O6/c1-9-10-11-12-13-14-15-16-27(38)44-35-19-23(5)34-18-22(4)31(43-32(41)24(6)21(2)3)36(34,42)29(39)25(20-37)17-26(30(34)40)28(35)33(35,7)8;1-8-10-21(30)35-14-18-12-19-22-20(27(22,6)7)11-17(5)28(24(19)32)13-16(4)25(29(28,34)23(18)31)36-26(33)15(3)9-2;1-14-12-26-15(2)10-19-20(25(19,3)4)18(22(26)30)11-17(13-28)21(29)27(26,32)23(14)33-24(31)16-8-6-5-7-9-16;1-7-12(2)22(29)31-21-13(3)10-24-14(4)8-17-18(23(17,5)6)16(20(24)28)9-15(11-26)19(27)25(21,24)30/h17-18,21,23-24,26,28-29,31,37,39,42H,9-16,19-20H2,1-8H3;8-10,12-13,17,19-20,22-23,25,31,34H,11,14H2,1-7H3;5-9,11-12,15,18-21,23,28-29,32H,10,13H2,1-4H3;7,9-10,14,16-19,21,26-27,30H,8,11H2,1-6H3/b;10-8+,15-9-;;12-7+/t23-,24?,26+,28-,29-,31+,34+,35+,36+;17-,19+,20-,22+,23-,25+,28+,29+;15-,18+,19-,20+,21-,23+,26+,27+;14-,16+,17-,18+,19-,21+,24+,25+/m1111/s1. The third-order valence-electron chi connectivity index (χ3n) is 39.3. The Labute approximate surface area is 848 Å². The number of Topliss-reactive ketones (excluding diaryl/α,β-unsaturated/α-hetero) is 4. The number of unbranched alkanes of at least 4 members (excludes halogenated alkanes) is 6. The molecule has 1 aromatic rings. The van der Waals surface area contributed by atoms with Crippen molar-refractivity contribution >= 4 is 58.9 Å². The Kier molecular flexibility index (Phi) is 30.4. The summed E-state index contributed by atoms with van der Waals surface area (Å²) in [7, 11) is 0. The summed E-state index contributed by atoms with van der Waals surface area (Å²) in [5.41, 5.74) is -12.2. The van der Waals surface area contributed by atoms with Gasteiger partial charge < -0.3 is 84.6 Å². The molecule has 11 N–H and O–H groups in total. The van der Waals surface area contributed by atoms with Crippen LogP contribution in [-0.2, 0) is 71.6 Å². The van der Waals surface area contributed by atoms with Crippen molar-refractivity contribution in [2.24, 2.45) is 144 Å². The third-order valence-corrected chi connectivity index (χ3v) is 39.3. The Morgan fingerprint density at radius 3 is 1.17 bits per heavy atom. The summed E-state index contributed by atoms with van der Waals surface area (Å²) in [6, 6.07) is 8.44. The maximum atomic E-state index is 14.8. The molecular weight excluding hydrogens is 1840 g/mol.